The molecule has 0 bridgehead atoms. The summed E-state index contributed by atoms with van der Waals surface area (Å²) in [6, 6.07) is 5.34. The van der Waals surface area contributed by atoms with Gasteiger partial charge in [0.05, 0.1) is 10.6 Å². The third kappa shape index (κ3) is 3.19. The van der Waals surface area contributed by atoms with Crippen molar-refractivity contribution >= 4 is 45.0 Å². The summed E-state index contributed by atoms with van der Waals surface area (Å²) in [5.74, 6) is 0.523. The predicted molar refractivity (Wildman–Crippen MR) is 78.5 cm³/mol. The van der Waals surface area contributed by atoms with Gasteiger partial charge < -0.3 is 5.32 Å². The lowest BCUT2D eigenvalue weighted by molar-refractivity contribution is 0.0944. The monoisotopic (exact) mass is 349 g/mol. The molecule has 1 N–H and O–H groups in total. The minimum Gasteiger partial charge on any atom is -0.351 e. The van der Waals surface area contributed by atoms with Gasteiger partial charge in [-0.05, 0) is 52.7 Å². The highest BCUT2D eigenvalue weighted by molar-refractivity contribution is 9.10. The van der Waals surface area contributed by atoms with Crippen molar-refractivity contribution in [1.82, 2.24) is 5.32 Å². The van der Waals surface area contributed by atoms with Crippen LogP contribution in [0.2, 0.25) is 5.02 Å². The molecule has 2 nitrogen and oxygen atoms in total. The van der Waals surface area contributed by atoms with Crippen LogP contribution in [0.3, 0.4) is 0 Å². The normalized spacial score (nSPS) is 16.4. The topological polar surface area (TPSA) is 29.1 Å². The van der Waals surface area contributed by atoms with Gasteiger partial charge in [-0.25, -0.2) is 0 Å². The van der Waals surface area contributed by atoms with E-state index in [4.69, 9.17) is 23.2 Å². The molecule has 1 aromatic carbocycles. The summed E-state index contributed by atoms with van der Waals surface area (Å²) in [4.78, 5) is 12.0. The fourth-order valence-electron chi connectivity index (χ4n) is 1.93. The van der Waals surface area contributed by atoms with E-state index in [-0.39, 0.29) is 11.3 Å². The number of hydrogen-bond acceptors (Lipinski definition) is 1. The molecular formula is C13H14BrCl2NO. The molecule has 0 saturated heterocycles. The quantitative estimate of drug-likeness (QED) is 0.790. The van der Waals surface area contributed by atoms with E-state index >= 15 is 0 Å². The zero-order valence-electron chi connectivity index (χ0n) is 9.81. The Labute approximate surface area is 125 Å². The smallest absolute Gasteiger partial charge is 0.252 e. The van der Waals surface area contributed by atoms with Crippen LogP contribution in [0.5, 0.6) is 0 Å². The van der Waals surface area contributed by atoms with Gasteiger partial charge in [-0.1, -0.05) is 17.7 Å². The zero-order chi connectivity index (χ0) is 13.2. The van der Waals surface area contributed by atoms with Crippen LogP contribution < -0.4 is 5.32 Å². The molecule has 0 radical (unpaired) electrons. The Morgan fingerprint density at radius 2 is 2.17 bits per heavy atom. The number of carbonyl (C=O) groups is 1. The minimum atomic E-state index is -0.123. The van der Waals surface area contributed by atoms with Crippen LogP contribution in [0.15, 0.2) is 22.7 Å². The Hall–Kier alpha value is -0.250. The third-order valence-corrected chi connectivity index (χ3v) is 4.89. The van der Waals surface area contributed by atoms with Crippen LogP contribution in [0.25, 0.3) is 0 Å². The lowest BCUT2D eigenvalue weighted by Crippen LogP contribution is -2.30. The van der Waals surface area contributed by atoms with Crippen LogP contribution in [0.1, 0.15) is 29.6 Å². The Morgan fingerprint density at radius 1 is 1.44 bits per heavy atom. The first-order valence-electron chi connectivity index (χ1n) is 5.86. The van der Waals surface area contributed by atoms with Gasteiger partial charge in [0, 0.05) is 16.9 Å². The Balaban J connectivity index is 1.98. The molecule has 18 heavy (non-hydrogen) atoms. The molecule has 1 amide bonds. The van der Waals surface area contributed by atoms with E-state index in [2.05, 4.69) is 21.2 Å². The van der Waals surface area contributed by atoms with Crippen molar-refractivity contribution in [3.63, 3.8) is 0 Å². The van der Waals surface area contributed by atoms with Gasteiger partial charge in [-0.3, -0.25) is 4.79 Å². The van der Waals surface area contributed by atoms with Gasteiger partial charge in [0.25, 0.3) is 5.91 Å². The van der Waals surface area contributed by atoms with E-state index in [1.165, 1.54) is 0 Å². The summed E-state index contributed by atoms with van der Waals surface area (Å²) in [6.45, 7) is 0.682. The molecular weight excluding hydrogens is 337 g/mol. The highest BCUT2D eigenvalue weighted by Crippen LogP contribution is 2.48. The Morgan fingerprint density at radius 3 is 2.78 bits per heavy atom. The van der Waals surface area contributed by atoms with Gasteiger partial charge in [-0.2, -0.15) is 0 Å². The lowest BCUT2D eigenvalue weighted by atomic mass is 10.0. The number of nitrogens with one attached hydrogen (secondary N) is 1. The number of halogens is 3. The first-order chi connectivity index (χ1) is 8.58. The summed E-state index contributed by atoms with van der Waals surface area (Å²) >= 11 is 15.2. The minimum absolute atomic E-state index is 0.123. The molecule has 1 saturated carbocycles. The van der Waals surface area contributed by atoms with Gasteiger partial charge in [0.15, 0.2) is 0 Å². The van der Waals surface area contributed by atoms with E-state index in [9.17, 15) is 4.79 Å². The summed E-state index contributed by atoms with van der Waals surface area (Å²) in [7, 11) is 0. The number of benzene rings is 1. The molecule has 0 heterocycles. The van der Waals surface area contributed by atoms with E-state index in [0.29, 0.717) is 23.0 Å². The molecule has 1 aliphatic rings. The fourth-order valence-corrected chi connectivity index (χ4v) is 2.91. The standard InChI is InChI=1S/C13H14BrCl2NO/c14-10-3-1-2-9(11(10)16)12(18)17-8-13(4-5-13)6-7-15/h1-3H,4-8H2,(H,17,18). The highest BCUT2D eigenvalue weighted by atomic mass is 79.9. The van der Waals surface area contributed by atoms with Crippen molar-refractivity contribution < 1.29 is 4.79 Å². The van der Waals surface area contributed by atoms with Crippen LogP contribution in [-0.4, -0.2) is 18.3 Å². The first kappa shape index (κ1) is 14.2. The molecule has 2 rings (SSSR count). The summed E-state index contributed by atoms with van der Waals surface area (Å²) < 4.78 is 0.735. The molecule has 0 aromatic heterocycles. The maximum atomic E-state index is 12.0. The second kappa shape index (κ2) is 5.81. The van der Waals surface area contributed by atoms with Crippen molar-refractivity contribution in [2.24, 2.45) is 5.41 Å². The number of amides is 1. The second-order valence-electron chi connectivity index (χ2n) is 4.72. The summed E-state index contributed by atoms with van der Waals surface area (Å²) in [5, 5.41) is 3.41. The molecule has 0 aliphatic heterocycles. The molecule has 0 unspecified atom stereocenters. The van der Waals surface area contributed by atoms with Gasteiger partial charge in [-0.15, -0.1) is 11.6 Å². The first-order valence-corrected chi connectivity index (χ1v) is 7.57. The van der Waals surface area contributed by atoms with E-state index in [0.717, 1.165) is 23.7 Å². The van der Waals surface area contributed by atoms with Crippen LogP contribution in [-0.2, 0) is 0 Å². The van der Waals surface area contributed by atoms with E-state index in [1.54, 1.807) is 12.1 Å². The number of hydrogen-bond donors (Lipinski definition) is 1. The predicted octanol–water partition coefficient (Wildman–Crippen LogP) is 4.24. The summed E-state index contributed by atoms with van der Waals surface area (Å²) in [5.41, 5.74) is 0.739. The molecule has 5 heteroatoms. The van der Waals surface area contributed by atoms with Crippen molar-refractivity contribution in [3.05, 3.63) is 33.3 Å². The third-order valence-electron chi connectivity index (χ3n) is 3.40. The highest BCUT2D eigenvalue weighted by Gasteiger charge is 2.41. The second-order valence-corrected chi connectivity index (χ2v) is 6.33. The summed E-state index contributed by atoms with van der Waals surface area (Å²) in [6.07, 6.45) is 3.25. The number of rotatable bonds is 5. The lowest BCUT2D eigenvalue weighted by Gasteiger charge is -2.15. The largest absolute Gasteiger partial charge is 0.351 e. The molecule has 1 fully saturated rings. The molecule has 98 valence electrons. The number of alkyl halides is 1. The van der Waals surface area contributed by atoms with Gasteiger partial charge in [0.1, 0.15) is 0 Å². The van der Waals surface area contributed by atoms with E-state index < -0.39 is 0 Å². The SMILES string of the molecule is O=C(NCC1(CCCl)CC1)c1cccc(Br)c1Cl. The van der Waals surface area contributed by atoms with Crippen LogP contribution >= 0.6 is 39.1 Å². The molecule has 0 atom stereocenters. The zero-order valence-corrected chi connectivity index (χ0v) is 12.9. The average Bonchev–Trinajstić information content (AvgIpc) is 3.11. The maximum absolute atomic E-state index is 12.0. The average molecular weight is 351 g/mol. The van der Waals surface area contributed by atoms with Crippen molar-refractivity contribution in [3.8, 4) is 0 Å². The van der Waals surface area contributed by atoms with Crippen molar-refractivity contribution in [1.29, 1.82) is 0 Å². The van der Waals surface area contributed by atoms with Crippen molar-refractivity contribution in [2.75, 3.05) is 12.4 Å². The maximum Gasteiger partial charge on any atom is 0.252 e. The van der Waals surface area contributed by atoms with Gasteiger partial charge >= 0.3 is 0 Å². The Kier molecular flexibility index (Phi) is 4.57. The van der Waals surface area contributed by atoms with Crippen LogP contribution in [0, 0.1) is 5.41 Å². The van der Waals surface area contributed by atoms with Crippen molar-refractivity contribution in [2.45, 2.75) is 19.3 Å². The number of carbonyl (C=O) groups excluding carboxylic acids is 1. The molecule has 1 aromatic rings. The fraction of sp³-hybridized carbons (Fsp3) is 0.462. The van der Waals surface area contributed by atoms with Crippen LogP contribution in [0.4, 0.5) is 0 Å². The Bertz CT molecular complexity index is 460. The van der Waals surface area contributed by atoms with Gasteiger partial charge in [0.2, 0.25) is 0 Å². The molecule has 1 aliphatic carbocycles. The van der Waals surface area contributed by atoms with E-state index in [1.807, 2.05) is 6.07 Å². The molecule has 0 spiro atoms.